The summed E-state index contributed by atoms with van der Waals surface area (Å²) in [6, 6.07) is 0. The second-order valence-electron chi connectivity index (χ2n) is 3.51. The Morgan fingerprint density at radius 2 is 2.21 bits per heavy atom. The fourth-order valence-corrected chi connectivity index (χ4v) is 2.42. The minimum Gasteiger partial charge on any atom is -0.281 e. The van der Waals surface area contributed by atoms with Gasteiger partial charge in [0.05, 0.1) is 24.2 Å². The monoisotopic (exact) mass is 215 g/mol. The predicted molar refractivity (Wildman–Crippen MR) is 52.1 cm³/mol. The molecule has 0 atom stereocenters. The van der Waals surface area contributed by atoms with Gasteiger partial charge in [0.15, 0.2) is 0 Å². The maximum Gasteiger partial charge on any atom is 0.211 e. The number of fused-ring (bicyclic) bond motifs is 1. The van der Waals surface area contributed by atoms with Gasteiger partial charge in [0.1, 0.15) is 0 Å². The molecule has 14 heavy (non-hydrogen) atoms. The smallest absolute Gasteiger partial charge is 0.211 e. The van der Waals surface area contributed by atoms with Gasteiger partial charge in [-0.1, -0.05) is 6.92 Å². The summed E-state index contributed by atoms with van der Waals surface area (Å²) in [4.78, 5) is 0. The zero-order chi connectivity index (χ0) is 10.3. The Morgan fingerprint density at radius 1 is 1.50 bits per heavy atom. The van der Waals surface area contributed by atoms with Crippen molar-refractivity contribution < 1.29 is 8.42 Å². The highest BCUT2D eigenvalue weighted by Crippen LogP contribution is 2.25. The van der Waals surface area contributed by atoms with Crippen LogP contribution in [0, 0.1) is 0 Å². The number of rotatable bonds is 2. The highest BCUT2D eigenvalue weighted by atomic mass is 32.2. The normalized spacial score (nSPS) is 17.3. The van der Waals surface area contributed by atoms with E-state index in [1.54, 1.807) is 0 Å². The average Bonchev–Trinajstić information content (AvgIpc) is 2.58. The molecule has 78 valence electrons. The van der Waals surface area contributed by atoms with E-state index in [9.17, 15) is 8.42 Å². The minimum absolute atomic E-state index is 0.432. The maximum absolute atomic E-state index is 11.3. The first-order valence-electron chi connectivity index (χ1n) is 4.52. The van der Waals surface area contributed by atoms with Crippen LogP contribution >= 0.6 is 0 Å². The number of aromatic nitrogens is 2. The molecule has 1 aliphatic rings. The van der Waals surface area contributed by atoms with E-state index < -0.39 is 10.0 Å². The molecule has 0 aliphatic carbocycles. The van der Waals surface area contributed by atoms with Crippen molar-refractivity contribution in [2.45, 2.75) is 26.4 Å². The van der Waals surface area contributed by atoms with Crippen LogP contribution in [0.3, 0.4) is 0 Å². The lowest BCUT2D eigenvalue weighted by Gasteiger charge is -2.11. The highest BCUT2D eigenvalue weighted by Gasteiger charge is 2.29. The molecule has 0 saturated carbocycles. The first-order valence-corrected chi connectivity index (χ1v) is 6.37. The molecule has 1 N–H and O–H groups in total. The van der Waals surface area contributed by atoms with Gasteiger partial charge in [0.2, 0.25) is 10.0 Å². The largest absolute Gasteiger partial charge is 0.281 e. The first-order chi connectivity index (χ1) is 6.52. The van der Waals surface area contributed by atoms with Crippen molar-refractivity contribution in [2.24, 2.45) is 0 Å². The lowest BCUT2D eigenvalue weighted by atomic mass is 10.2. The van der Waals surface area contributed by atoms with E-state index in [2.05, 4.69) is 10.2 Å². The molecule has 0 amide bonds. The molecule has 0 spiro atoms. The highest BCUT2D eigenvalue weighted by molar-refractivity contribution is 7.88. The van der Waals surface area contributed by atoms with Crippen molar-refractivity contribution in [1.29, 1.82) is 0 Å². The van der Waals surface area contributed by atoms with Gasteiger partial charge in [-0.05, 0) is 6.42 Å². The van der Waals surface area contributed by atoms with Crippen molar-refractivity contribution in [3.63, 3.8) is 0 Å². The molecule has 0 unspecified atom stereocenters. The zero-order valence-corrected chi connectivity index (χ0v) is 9.06. The summed E-state index contributed by atoms with van der Waals surface area (Å²) in [7, 11) is -3.08. The molecule has 1 aromatic heterocycles. The van der Waals surface area contributed by atoms with Crippen molar-refractivity contribution in [2.75, 3.05) is 6.26 Å². The molecule has 0 bridgehead atoms. The quantitative estimate of drug-likeness (QED) is 0.769. The van der Waals surface area contributed by atoms with E-state index in [4.69, 9.17) is 0 Å². The Balaban J connectivity index is 2.31. The summed E-state index contributed by atoms with van der Waals surface area (Å²) >= 11 is 0. The van der Waals surface area contributed by atoms with Gasteiger partial charge in [0.25, 0.3) is 0 Å². The standard InChI is InChI=1S/C8H13N3O2S/c1-3-7-6-4-11(14(2,12)13)5-8(6)10-9-7/h3-5H2,1-2H3,(H,9,10). The molecule has 6 heteroatoms. The van der Waals surface area contributed by atoms with Gasteiger partial charge in [-0.3, -0.25) is 5.10 Å². The van der Waals surface area contributed by atoms with E-state index in [1.165, 1.54) is 10.6 Å². The van der Waals surface area contributed by atoms with E-state index >= 15 is 0 Å². The lowest BCUT2D eigenvalue weighted by Crippen LogP contribution is -2.24. The first kappa shape index (κ1) is 9.67. The molecule has 0 saturated heterocycles. The van der Waals surface area contributed by atoms with Crippen molar-refractivity contribution in [3.8, 4) is 0 Å². The number of H-pyrrole nitrogens is 1. The van der Waals surface area contributed by atoms with Crippen molar-refractivity contribution in [1.82, 2.24) is 14.5 Å². The summed E-state index contributed by atoms with van der Waals surface area (Å²) in [5.74, 6) is 0. The van der Waals surface area contributed by atoms with Gasteiger partial charge in [-0.2, -0.15) is 9.40 Å². The fraction of sp³-hybridized carbons (Fsp3) is 0.625. The van der Waals surface area contributed by atoms with Crippen LogP contribution < -0.4 is 0 Å². The summed E-state index contributed by atoms with van der Waals surface area (Å²) in [6.07, 6.45) is 2.07. The molecule has 0 radical (unpaired) electrons. The van der Waals surface area contributed by atoms with E-state index in [-0.39, 0.29) is 0 Å². The van der Waals surface area contributed by atoms with E-state index in [0.29, 0.717) is 13.1 Å². The van der Waals surface area contributed by atoms with Gasteiger partial charge in [-0.15, -0.1) is 0 Å². The minimum atomic E-state index is -3.08. The van der Waals surface area contributed by atoms with Gasteiger partial charge >= 0.3 is 0 Å². The Morgan fingerprint density at radius 3 is 2.79 bits per heavy atom. The lowest BCUT2D eigenvalue weighted by molar-refractivity contribution is 0.430. The summed E-state index contributed by atoms with van der Waals surface area (Å²) < 4.78 is 24.0. The van der Waals surface area contributed by atoms with Crippen LogP contribution in [0.25, 0.3) is 0 Å². The van der Waals surface area contributed by atoms with Crippen LogP contribution in [-0.4, -0.2) is 29.2 Å². The third-order valence-corrected chi connectivity index (χ3v) is 3.71. The Hall–Kier alpha value is -0.880. The molecular weight excluding hydrogens is 202 g/mol. The second-order valence-corrected chi connectivity index (χ2v) is 5.49. The third kappa shape index (κ3) is 1.44. The van der Waals surface area contributed by atoms with Crippen molar-refractivity contribution in [3.05, 3.63) is 17.0 Å². The molecule has 1 aromatic rings. The number of hydrogen-bond donors (Lipinski definition) is 1. The molecular formula is C8H13N3O2S. The number of nitrogens with one attached hydrogen (secondary N) is 1. The third-order valence-electron chi connectivity index (χ3n) is 2.51. The van der Waals surface area contributed by atoms with Crippen LogP contribution in [-0.2, 0) is 29.5 Å². The van der Waals surface area contributed by atoms with E-state index in [1.807, 2.05) is 6.92 Å². The summed E-state index contributed by atoms with van der Waals surface area (Å²) in [5, 5.41) is 7.01. The molecule has 0 fully saturated rings. The SMILES string of the molecule is CCc1n[nH]c2c1CN(S(C)(=O)=O)C2. The maximum atomic E-state index is 11.3. The number of hydrogen-bond acceptors (Lipinski definition) is 3. The second kappa shape index (κ2) is 3.06. The number of nitrogens with zero attached hydrogens (tertiary/aromatic N) is 2. The van der Waals surface area contributed by atoms with Gasteiger partial charge in [0, 0.05) is 12.1 Å². The molecule has 2 heterocycles. The van der Waals surface area contributed by atoms with Crippen LogP contribution in [0.2, 0.25) is 0 Å². The Bertz CT molecular complexity index is 449. The van der Waals surface area contributed by atoms with Crippen LogP contribution in [0.4, 0.5) is 0 Å². The Labute approximate surface area is 83.2 Å². The van der Waals surface area contributed by atoms with Crippen LogP contribution in [0.1, 0.15) is 23.9 Å². The summed E-state index contributed by atoms with van der Waals surface area (Å²) in [5.41, 5.74) is 2.97. The van der Waals surface area contributed by atoms with Crippen LogP contribution in [0.15, 0.2) is 0 Å². The molecule has 1 aliphatic heterocycles. The fourth-order valence-electron chi connectivity index (χ4n) is 1.70. The van der Waals surface area contributed by atoms with Crippen LogP contribution in [0.5, 0.6) is 0 Å². The van der Waals surface area contributed by atoms with Crippen molar-refractivity contribution >= 4 is 10.0 Å². The molecule has 2 rings (SSSR count). The number of aryl methyl sites for hydroxylation is 1. The average molecular weight is 215 g/mol. The molecule has 0 aromatic carbocycles. The molecule has 5 nitrogen and oxygen atoms in total. The Kier molecular flexibility index (Phi) is 2.11. The van der Waals surface area contributed by atoms with Gasteiger partial charge < -0.3 is 0 Å². The number of aromatic amines is 1. The topological polar surface area (TPSA) is 66.1 Å². The zero-order valence-electron chi connectivity index (χ0n) is 8.24. The van der Waals surface area contributed by atoms with Gasteiger partial charge in [-0.25, -0.2) is 8.42 Å². The summed E-state index contributed by atoms with van der Waals surface area (Å²) in [6.45, 7) is 2.91. The number of sulfonamides is 1. The predicted octanol–water partition coefficient (Wildman–Crippen LogP) is 0.247. The van der Waals surface area contributed by atoms with E-state index in [0.717, 1.165) is 23.4 Å².